The van der Waals surface area contributed by atoms with Gasteiger partial charge >= 0.3 is 0 Å². The summed E-state index contributed by atoms with van der Waals surface area (Å²) in [4.78, 5) is 12.1. The lowest BCUT2D eigenvalue weighted by atomic mass is 9.92. The van der Waals surface area contributed by atoms with Gasteiger partial charge in [-0.1, -0.05) is 36.8 Å². The SMILES string of the molecule is CCC(CC(=O)NCC(O)c1ccco1)c1ccc(C)cc1. The summed E-state index contributed by atoms with van der Waals surface area (Å²) >= 11 is 0. The lowest BCUT2D eigenvalue weighted by molar-refractivity contribution is -0.122. The first-order chi connectivity index (χ1) is 10.6. The van der Waals surface area contributed by atoms with Gasteiger partial charge in [0.25, 0.3) is 0 Å². The van der Waals surface area contributed by atoms with Crippen LogP contribution in [0.5, 0.6) is 0 Å². The molecular formula is C18H23NO3. The van der Waals surface area contributed by atoms with Gasteiger partial charge in [0, 0.05) is 6.42 Å². The van der Waals surface area contributed by atoms with Crippen LogP contribution >= 0.6 is 0 Å². The average Bonchev–Trinajstić information content (AvgIpc) is 3.05. The summed E-state index contributed by atoms with van der Waals surface area (Å²) < 4.78 is 5.11. The molecule has 0 bridgehead atoms. The second kappa shape index (κ2) is 7.80. The van der Waals surface area contributed by atoms with E-state index < -0.39 is 6.10 Å². The van der Waals surface area contributed by atoms with Crippen molar-refractivity contribution in [3.8, 4) is 0 Å². The van der Waals surface area contributed by atoms with Crippen molar-refractivity contribution in [3.05, 3.63) is 59.5 Å². The maximum absolute atomic E-state index is 12.1. The number of hydrogen-bond acceptors (Lipinski definition) is 3. The Morgan fingerprint density at radius 1 is 1.27 bits per heavy atom. The maximum atomic E-state index is 12.1. The molecule has 2 atom stereocenters. The number of carbonyl (C=O) groups excluding carboxylic acids is 1. The largest absolute Gasteiger partial charge is 0.467 e. The number of hydrogen-bond donors (Lipinski definition) is 2. The van der Waals surface area contributed by atoms with Crippen LogP contribution in [0.15, 0.2) is 47.1 Å². The van der Waals surface area contributed by atoms with E-state index in [-0.39, 0.29) is 18.4 Å². The molecule has 2 N–H and O–H groups in total. The summed E-state index contributed by atoms with van der Waals surface area (Å²) in [5.41, 5.74) is 2.39. The van der Waals surface area contributed by atoms with Gasteiger partial charge < -0.3 is 14.8 Å². The number of aryl methyl sites for hydroxylation is 1. The maximum Gasteiger partial charge on any atom is 0.220 e. The molecule has 0 aliphatic rings. The highest BCUT2D eigenvalue weighted by Gasteiger charge is 2.16. The number of rotatable bonds is 7. The third-order valence-corrected chi connectivity index (χ3v) is 3.84. The van der Waals surface area contributed by atoms with Crippen LogP contribution in [0.3, 0.4) is 0 Å². The van der Waals surface area contributed by atoms with Gasteiger partial charge in [-0.05, 0) is 37.0 Å². The molecule has 22 heavy (non-hydrogen) atoms. The van der Waals surface area contributed by atoms with E-state index in [1.54, 1.807) is 12.1 Å². The van der Waals surface area contributed by atoms with Crippen molar-refractivity contribution in [2.24, 2.45) is 0 Å². The number of aliphatic hydroxyl groups excluding tert-OH is 1. The number of furan rings is 1. The van der Waals surface area contributed by atoms with Crippen LogP contribution in [-0.4, -0.2) is 17.6 Å². The van der Waals surface area contributed by atoms with Crippen molar-refractivity contribution in [1.29, 1.82) is 0 Å². The lowest BCUT2D eigenvalue weighted by Crippen LogP contribution is -2.29. The highest BCUT2D eigenvalue weighted by molar-refractivity contribution is 5.76. The first kappa shape index (κ1) is 16.3. The standard InChI is InChI=1S/C18H23NO3/c1-3-14(15-8-6-13(2)7-9-15)11-18(21)19-12-16(20)17-5-4-10-22-17/h4-10,14,16,20H,3,11-12H2,1-2H3,(H,19,21). The molecule has 4 nitrogen and oxygen atoms in total. The number of nitrogens with one attached hydrogen (secondary N) is 1. The third-order valence-electron chi connectivity index (χ3n) is 3.84. The van der Waals surface area contributed by atoms with Crippen LogP contribution in [0, 0.1) is 6.92 Å². The molecule has 1 amide bonds. The summed E-state index contributed by atoms with van der Waals surface area (Å²) in [5.74, 6) is 0.602. The molecule has 0 radical (unpaired) electrons. The quantitative estimate of drug-likeness (QED) is 0.824. The molecule has 0 aliphatic carbocycles. The van der Waals surface area contributed by atoms with Crippen molar-refractivity contribution in [2.75, 3.05) is 6.54 Å². The molecule has 0 aliphatic heterocycles. The molecular weight excluding hydrogens is 278 g/mol. The fourth-order valence-corrected chi connectivity index (χ4v) is 2.42. The van der Waals surface area contributed by atoms with Gasteiger partial charge in [0.15, 0.2) is 0 Å². The second-order valence-electron chi connectivity index (χ2n) is 5.56. The highest BCUT2D eigenvalue weighted by atomic mass is 16.4. The fourth-order valence-electron chi connectivity index (χ4n) is 2.42. The van der Waals surface area contributed by atoms with E-state index in [0.717, 1.165) is 6.42 Å². The van der Waals surface area contributed by atoms with E-state index in [1.165, 1.54) is 17.4 Å². The Bertz CT molecular complexity index is 575. The second-order valence-corrected chi connectivity index (χ2v) is 5.56. The Balaban J connectivity index is 1.85. The van der Waals surface area contributed by atoms with Crippen molar-refractivity contribution in [1.82, 2.24) is 5.32 Å². The van der Waals surface area contributed by atoms with Gasteiger partial charge in [-0.15, -0.1) is 0 Å². The van der Waals surface area contributed by atoms with Gasteiger partial charge in [0.05, 0.1) is 12.8 Å². The van der Waals surface area contributed by atoms with Crippen LogP contribution in [0.2, 0.25) is 0 Å². The zero-order valence-corrected chi connectivity index (χ0v) is 13.1. The first-order valence-electron chi connectivity index (χ1n) is 7.65. The van der Waals surface area contributed by atoms with Gasteiger partial charge in [-0.3, -0.25) is 4.79 Å². The van der Waals surface area contributed by atoms with Crippen LogP contribution < -0.4 is 5.32 Å². The smallest absolute Gasteiger partial charge is 0.220 e. The molecule has 2 unspecified atom stereocenters. The Morgan fingerprint density at radius 3 is 2.59 bits per heavy atom. The minimum atomic E-state index is -0.807. The van der Waals surface area contributed by atoms with Crippen molar-refractivity contribution in [2.45, 2.75) is 38.7 Å². The van der Waals surface area contributed by atoms with E-state index in [1.807, 2.05) is 6.92 Å². The Hall–Kier alpha value is -2.07. The minimum absolute atomic E-state index is 0.0574. The van der Waals surface area contributed by atoms with E-state index in [2.05, 4.69) is 36.5 Å². The predicted molar refractivity (Wildman–Crippen MR) is 85.5 cm³/mol. The summed E-state index contributed by atoms with van der Waals surface area (Å²) in [6.45, 7) is 4.29. The van der Waals surface area contributed by atoms with Gasteiger partial charge in [-0.2, -0.15) is 0 Å². The summed E-state index contributed by atoms with van der Waals surface area (Å²) in [5, 5.41) is 12.7. The summed E-state index contributed by atoms with van der Waals surface area (Å²) in [7, 11) is 0. The first-order valence-corrected chi connectivity index (χ1v) is 7.65. The number of amides is 1. The minimum Gasteiger partial charge on any atom is -0.467 e. The molecule has 4 heteroatoms. The zero-order valence-electron chi connectivity index (χ0n) is 13.1. The Labute approximate surface area is 131 Å². The van der Waals surface area contributed by atoms with Crippen LogP contribution in [-0.2, 0) is 4.79 Å². The van der Waals surface area contributed by atoms with Crippen molar-refractivity contribution < 1.29 is 14.3 Å². The van der Waals surface area contributed by atoms with E-state index >= 15 is 0 Å². The Morgan fingerprint density at radius 2 is 2.00 bits per heavy atom. The van der Waals surface area contributed by atoms with E-state index in [4.69, 9.17) is 4.42 Å². The number of benzene rings is 1. The molecule has 1 aromatic heterocycles. The molecule has 118 valence electrons. The predicted octanol–water partition coefficient (Wildman–Crippen LogP) is 3.32. The van der Waals surface area contributed by atoms with Gasteiger partial charge in [0.2, 0.25) is 5.91 Å². The zero-order chi connectivity index (χ0) is 15.9. The summed E-state index contributed by atoms with van der Waals surface area (Å²) in [6.07, 6.45) is 2.02. The monoisotopic (exact) mass is 301 g/mol. The average molecular weight is 301 g/mol. The van der Waals surface area contributed by atoms with Crippen molar-refractivity contribution >= 4 is 5.91 Å². The number of carbonyl (C=O) groups is 1. The van der Waals surface area contributed by atoms with Gasteiger partial charge in [0.1, 0.15) is 11.9 Å². The lowest BCUT2D eigenvalue weighted by Gasteiger charge is -2.16. The van der Waals surface area contributed by atoms with Crippen LogP contribution in [0.1, 0.15) is 48.7 Å². The normalized spacial score (nSPS) is 13.6. The Kier molecular flexibility index (Phi) is 5.78. The topological polar surface area (TPSA) is 62.5 Å². The molecule has 2 aromatic rings. The molecule has 0 saturated heterocycles. The molecule has 0 saturated carbocycles. The van der Waals surface area contributed by atoms with E-state index in [0.29, 0.717) is 12.2 Å². The molecule has 0 fully saturated rings. The molecule has 1 aromatic carbocycles. The molecule has 1 heterocycles. The van der Waals surface area contributed by atoms with Crippen LogP contribution in [0.25, 0.3) is 0 Å². The van der Waals surface area contributed by atoms with Crippen LogP contribution in [0.4, 0.5) is 0 Å². The molecule has 2 rings (SSSR count). The third kappa shape index (κ3) is 4.46. The number of aliphatic hydroxyl groups is 1. The highest BCUT2D eigenvalue weighted by Crippen LogP contribution is 2.23. The van der Waals surface area contributed by atoms with E-state index in [9.17, 15) is 9.90 Å². The van der Waals surface area contributed by atoms with Crippen molar-refractivity contribution in [3.63, 3.8) is 0 Å². The summed E-state index contributed by atoms with van der Waals surface area (Å²) in [6, 6.07) is 11.7. The molecule has 0 spiro atoms. The fraction of sp³-hybridized carbons (Fsp3) is 0.389. The van der Waals surface area contributed by atoms with Gasteiger partial charge in [-0.25, -0.2) is 0 Å².